The third-order valence-electron chi connectivity index (χ3n) is 5.48. The molecule has 0 aromatic carbocycles. The predicted octanol–water partition coefficient (Wildman–Crippen LogP) is 7.93. The Hall–Kier alpha value is -3.68. The first-order valence-corrected chi connectivity index (χ1v) is 16.1. The topological polar surface area (TPSA) is 65.3 Å². The van der Waals surface area contributed by atoms with E-state index in [4.69, 9.17) is 20.0 Å². The molecule has 2 aromatic rings. The normalized spacial score (nSPS) is 20.4. The molecule has 6 aliphatic rings. The van der Waals surface area contributed by atoms with Gasteiger partial charge in [-0.25, -0.2) is 14.1 Å². The van der Waals surface area contributed by atoms with E-state index in [0.717, 1.165) is 46.0 Å². The van der Waals surface area contributed by atoms with Crippen molar-refractivity contribution in [1.29, 1.82) is 0 Å². The zero-order valence-electron chi connectivity index (χ0n) is 30.7. The molecule has 8 rings (SSSR count). The summed E-state index contributed by atoms with van der Waals surface area (Å²) in [7, 11) is 0. The van der Waals surface area contributed by atoms with Crippen LogP contribution in [0.25, 0.3) is 0 Å². The van der Waals surface area contributed by atoms with Crippen molar-refractivity contribution in [1.82, 2.24) is 9.13 Å². The minimum absolute atomic E-state index is 0.500. The first kappa shape index (κ1) is 34.2. The van der Waals surface area contributed by atoms with Crippen molar-refractivity contribution in [3.63, 3.8) is 0 Å². The molecule has 6 aliphatic heterocycles. The lowest BCUT2D eigenvalue weighted by Gasteiger charge is -2.41. The Morgan fingerprint density at radius 3 is 1.24 bits per heavy atom. The van der Waals surface area contributed by atoms with Crippen LogP contribution in [0.2, 0.25) is 0 Å². The number of hydrogen-bond donors (Lipinski definition) is 0. The van der Waals surface area contributed by atoms with Crippen LogP contribution in [0.5, 0.6) is 0 Å². The molecule has 0 saturated carbocycles. The minimum Gasteiger partial charge on any atom is -0.212 e. The Labute approximate surface area is 270 Å². The summed E-state index contributed by atoms with van der Waals surface area (Å²) in [6.07, 6.45) is 8.10. The van der Waals surface area contributed by atoms with Crippen LogP contribution < -0.4 is 11.0 Å². The van der Waals surface area contributed by atoms with Gasteiger partial charge in [-0.05, 0) is 33.8 Å². The van der Waals surface area contributed by atoms with Gasteiger partial charge in [-0.1, -0.05) is 126 Å². The van der Waals surface area contributed by atoms with Gasteiger partial charge in [0.1, 0.15) is 11.3 Å². The molecule has 242 valence electrons. The Kier molecular flexibility index (Phi) is 8.58. The molecule has 0 saturated heterocycles. The summed E-state index contributed by atoms with van der Waals surface area (Å²) in [5.74, 6) is 4.63. The van der Waals surface area contributed by atoms with Crippen molar-refractivity contribution in [2.45, 2.75) is 117 Å². The molecular formula is C37H56N8+2. The maximum absolute atomic E-state index is 4.82. The van der Waals surface area contributed by atoms with Crippen LogP contribution in [0, 0.1) is 21.7 Å². The van der Waals surface area contributed by atoms with Crippen molar-refractivity contribution < 1.29 is 9.15 Å². The second-order valence-corrected chi connectivity index (χ2v) is 18.6. The Morgan fingerprint density at radius 1 is 0.444 bits per heavy atom. The van der Waals surface area contributed by atoms with Crippen molar-refractivity contribution in [3.05, 3.63) is 59.5 Å². The van der Waals surface area contributed by atoms with E-state index in [1.807, 2.05) is 48.6 Å². The van der Waals surface area contributed by atoms with E-state index >= 15 is 0 Å². The van der Waals surface area contributed by atoms with Crippen molar-refractivity contribution in [2.24, 2.45) is 41.6 Å². The van der Waals surface area contributed by atoms with Gasteiger partial charge in [0.15, 0.2) is 0 Å². The zero-order chi connectivity index (χ0) is 33.9. The molecule has 1 atom stereocenters. The van der Waals surface area contributed by atoms with Crippen LogP contribution in [0.3, 0.4) is 0 Å². The summed E-state index contributed by atoms with van der Waals surface area (Å²) >= 11 is 0. The fourth-order valence-corrected chi connectivity index (χ4v) is 4.66. The summed E-state index contributed by atoms with van der Waals surface area (Å²) < 4.78 is 8.71. The summed E-state index contributed by atoms with van der Waals surface area (Å²) in [6, 6.07) is 8.10. The maximum atomic E-state index is 4.82. The first-order valence-electron chi connectivity index (χ1n) is 16.1. The third-order valence-corrected chi connectivity index (χ3v) is 5.48. The van der Waals surface area contributed by atoms with Gasteiger partial charge in [-0.2, -0.15) is 0 Å². The van der Waals surface area contributed by atoms with Crippen molar-refractivity contribution >= 4 is 35.0 Å². The quantitative estimate of drug-likeness (QED) is 0.271. The van der Waals surface area contributed by atoms with Crippen LogP contribution in [0.15, 0.2) is 68.5 Å². The van der Waals surface area contributed by atoms with Crippen LogP contribution in [0.1, 0.15) is 111 Å². The van der Waals surface area contributed by atoms with E-state index in [2.05, 4.69) is 129 Å². The zero-order valence-corrected chi connectivity index (χ0v) is 30.7. The molecule has 8 nitrogen and oxygen atoms in total. The van der Waals surface area contributed by atoms with E-state index in [0.29, 0.717) is 21.7 Å². The highest BCUT2D eigenvalue weighted by Crippen LogP contribution is 2.43. The summed E-state index contributed by atoms with van der Waals surface area (Å²) in [4.78, 5) is 19.3. The van der Waals surface area contributed by atoms with E-state index in [1.54, 1.807) is 0 Å². The first-order chi connectivity index (χ1) is 20.4. The molecule has 1 spiro atoms. The Morgan fingerprint density at radius 2 is 0.800 bits per heavy atom. The van der Waals surface area contributed by atoms with Gasteiger partial charge in [0, 0.05) is 36.4 Å². The SMILES string of the molecule is C1=CC2=[N+]3C1=NC1=[N+]4C(=Nc5ccc6n5C43n3c(ccc3=N6)=N2)C=C1.CC(C)(C)C.CC(C)(C)C.CC(C)(C)C.CC(C)(C)C. The molecule has 1 unspecified atom stereocenters. The monoisotopic (exact) mass is 612 g/mol. The van der Waals surface area contributed by atoms with E-state index < -0.39 is 5.91 Å². The molecule has 0 fully saturated rings. The number of nitrogens with zero attached hydrogens (tertiary/aromatic N) is 8. The van der Waals surface area contributed by atoms with Crippen molar-refractivity contribution in [2.75, 3.05) is 0 Å². The minimum atomic E-state index is -0.683. The molecule has 0 radical (unpaired) electrons. The van der Waals surface area contributed by atoms with Crippen molar-refractivity contribution in [3.8, 4) is 0 Å². The largest absolute Gasteiger partial charge is 0.402 e. The van der Waals surface area contributed by atoms with E-state index in [-0.39, 0.29) is 0 Å². The molecular weight excluding hydrogens is 556 g/mol. The maximum Gasteiger partial charge on any atom is 0.402 e. The highest BCUT2D eigenvalue weighted by atomic mass is 15.7. The van der Waals surface area contributed by atoms with Gasteiger partial charge in [0.2, 0.25) is 11.3 Å². The summed E-state index contributed by atoms with van der Waals surface area (Å²) in [5, 5.41) is 0. The highest BCUT2D eigenvalue weighted by Gasteiger charge is 2.64. The fraction of sp³-hybridized carbons (Fsp3) is 0.568. The van der Waals surface area contributed by atoms with E-state index in [9.17, 15) is 0 Å². The standard InChI is InChI=1S/C17H8N8.4C5H12/c1-2-10-19-12-5-6-14-21-16-8-7-15-20-13-4-3-11-18-9(1)22(10)17(23(11)13,24(12)14)25(15)16;4*1-5(2,3)4/h1-8H;4*1-4H3/q+2;;;;. The molecule has 0 aliphatic carbocycles. The fourth-order valence-electron chi connectivity index (χ4n) is 4.66. The summed E-state index contributed by atoms with van der Waals surface area (Å²) in [6.45, 7) is 35.0. The van der Waals surface area contributed by atoms with Crippen LogP contribution >= 0.6 is 0 Å². The van der Waals surface area contributed by atoms with Gasteiger partial charge >= 0.3 is 5.91 Å². The molecule has 0 N–H and O–H groups in total. The smallest absolute Gasteiger partial charge is 0.212 e. The number of hydrogen-bond acceptors (Lipinski definition) is 4. The second-order valence-electron chi connectivity index (χ2n) is 18.6. The predicted molar refractivity (Wildman–Crippen MR) is 188 cm³/mol. The van der Waals surface area contributed by atoms with Gasteiger partial charge in [0.25, 0.3) is 23.3 Å². The average Bonchev–Trinajstić information content (AvgIpc) is 3.58. The Balaban J connectivity index is 0.000000192. The molecule has 45 heavy (non-hydrogen) atoms. The second kappa shape index (κ2) is 11.3. The van der Waals surface area contributed by atoms with Crippen LogP contribution in [-0.4, -0.2) is 41.6 Å². The highest BCUT2D eigenvalue weighted by molar-refractivity contribution is 6.15. The number of aliphatic imine (C=N–C) groups is 2. The number of rotatable bonds is 0. The molecule has 2 aromatic heterocycles. The van der Waals surface area contributed by atoms with Gasteiger partial charge < -0.3 is 0 Å². The molecule has 0 bridgehead atoms. The lowest BCUT2D eigenvalue weighted by Crippen LogP contribution is -2.71. The third kappa shape index (κ3) is 7.59. The van der Waals surface area contributed by atoms with Crippen LogP contribution in [-0.2, 0) is 5.91 Å². The average molecular weight is 613 g/mol. The lowest BCUT2D eigenvalue weighted by molar-refractivity contribution is -0.791. The van der Waals surface area contributed by atoms with Gasteiger partial charge in [-0.3, -0.25) is 0 Å². The summed E-state index contributed by atoms with van der Waals surface area (Å²) in [5.41, 5.74) is 3.77. The Bertz CT molecular complexity index is 1730. The lowest BCUT2D eigenvalue weighted by atomic mass is 10.0. The molecule has 8 heteroatoms. The number of amidine groups is 4. The molecule has 0 amide bonds. The van der Waals surface area contributed by atoms with Gasteiger partial charge in [-0.15, -0.1) is 9.15 Å². The van der Waals surface area contributed by atoms with E-state index in [1.165, 1.54) is 0 Å². The van der Waals surface area contributed by atoms with Gasteiger partial charge in [0.05, 0.1) is 0 Å². The number of aromatic nitrogens is 2. The van der Waals surface area contributed by atoms with Crippen LogP contribution in [0.4, 0.5) is 11.6 Å². The molecule has 8 heterocycles.